The molecule has 1 atom stereocenters. The quantitative estimate of drug-likeness (QED) is 0.842. The minimum atomic E-state index is 0.378. The van der Waals surface area contributed by atoms with Crippen LogP contribution in [0.15, 0.2) is 41.2 Å². The summed E-state index contributed by atoms with van der Waals surface area (Å²) in [7, 11) is 2.16. The summed E-state index contributed by atoms with van der Waals surface area (Å²) >= 11 is 1.65. The van der Waals surface area contributed by atoms with E-state index < -0.39 is 0 Å². The molecule has 0 amide bonds. The van der Waals surface area contributed by atoms with Crippen molar-refractivity contribution in [1.29, 1.82) is 0 Å². The minimum absolute atomic E-state index is 0.378. The van der Waals surface area contributed by atoms with Crippen molar-refractivity contribution < 1.29 is 0 Å². The van der Waals surface area contributed by atoms with Crippen LogP contribution in [-0.2, 0) is 6.54 Å². The van der Waals surface area contributed by atoms with Crippen LogP contribution in [0, 0.1) is 0 Å². The summed E-state index contributed by atoms with van der Waals surface area (Å²) in [6, 6.07) is 11.0. The largest absolute Gasteiger partial charge is 0.315 e. The van der Waals surface area contributed by atoms with Crippen molar-refractivity contribution in [3.8, 4) is 0 Å². The summed E-state index contributed by atoms with van der Waals surface area (Å²) in [5.74, 6) is 0. The lowest BCUT2D eigenvalue weighted by Crippen LogP contribution is -2.33. The van der Waals surface area contributed by atoms with Crippen LogP contribution in [0.25, 0.3) is 0 Å². The Balaban J connectivity index is 2.08. The highest BCUT2D eigenvalue weighted by Gasteiger charge is 2.17. The lowest BCUT2D eigenvalue weighted by molar-refractivity contribution is 0.228. The highest BCUT2D eigenvalue weighted by atomic mass is 32.1. The van der Waals surface area contributed by atoms with Crippen molar-refractivity contribution in [3.63, 3.8) is 0 Å². The van der Waals surface area contributed by atoms with Gasteiger partial charge in [-0.05, 0) is 19.2 Å². The maximum absolute atomic E-state index is 4.37. The van der Waals surface area contributed by atoms with Gasteiger partial charge in [0.1, 0.15) is 0 Å². The molecule has 0 aliphatic heterocycles. The zero-order valence-corrected chi connectivity index (χ0v) is 12.4. The van der Waals surface area contributed by atoms with Crippen LogP contribution in [0.3, 0.4) is 0 Å². The second-order valence-electron chi connectivity index (χ2n) is 4.63. The molecule has 1 aromatic carbocycles. The fourth-order valence-electron chi connectivity index (χ4n) is 2.17. The Bertz CT molecular complexity index is 456. The van der Waals surface area contributed by atoms with Crippen molar-refractivity contribution in [2.75, 3.05) is 20.1 Å². The average molecular weight is 275 g/mol. The molecule has 1 N–H and O–H groups in total. The van der Waals surface area contributed by atoms with Crippen LogP contribution in [0.4, 0.5) is 0 Å². The van der Waals surface area contributed by atoms with Gasteiger partial charge >= 0.3 is 0 Å². The predicted molar refractivity (Wildman–Crippen MR) is 81.3 cm³/mol. The molecule has 0 fully saturated rings. The summed E-state index contributed by atoms with van der Waals surface area (Å²) in [6.45, 7) is 4.98. The Hall–Kier alpha value is -1.23. The summed E-state index contributed by atoms with van der Waals surface area (Å²) in [6.07, 6.45) is 0. The fourth-order valence-corrected chi connectivity index (χ4v) is 2.72. The molecule has 0 spiro atoms. The van der Waals surface area contributed by atoms with E-state index in [1.807, 2.05) is 5.51 Å². The van der Waals surface area contributed by atoms with Crippen LogP contribution < -0.4 is 5.32 Å². The van der Waals surface area contributed by atoms with E-state index in [0.717, 1.165) is 25.3 Å². The molecule has 0 aliphatic rings. The van der Waals surface area contributed by atoms with Gasteiger partial charge in [0.05, 0.1) is 11.2 Å². The zero-order chi connectivity index (χ0) is 13.5. The van der Waals surface area contributed by atoms with Crippen LogP contribution >= 0.6 is 11.3 Å². The Morgan fingerprint density at radius 1 is 1.32 bits per heavy atom. The maximum atomic E-state index is 4.37. The van der Waals surface area contributed by atoms with E-state index in [1.165, 1.54) is 5.56 Å². The summed E-state index contributed by atoms with van der Waals surface area (Å²) in [5, 5.41) is 5.56. The first-order valence-electron chi connectivity index (χ1n) is 6.64. The van der Waals surface area contributed by atoms with Crippen LogP contribution in [0.1, 0.15) is 24.2 Å². The number of rotatable bonds is 7. The molecule has 1 unspecified atom stereocenters. The number of nitrogens with zero attached hydrogens (tertiary/aromatic N) is 2. The number of hydrogen-bond donors (Lipinski definition) is 1. The number of aromatic nitrogens is 1. The van der Waals surface area contributed by atoms with Gasteiger partial charge in [-0.2, -0.15) is 0 Å². The van der Waals surface area contributed by atoms with Crippen LogP contribution in [-0.4, -0.2) is 30.0 Å². The Morgan fingerprint density at radius 3 is 2.74 bits per heavy atom. The van der Waals surface area contributed by atoms with E-state index in [0.29, 0.717) is 6.04 Å². The molecule has 4 heteroatoms. The van der Waals surface area contributed by atoms with Crippen molar-refractivity contribution in [2.24, 2.45) is 0 Å². The fraction of sp³-hybridized carbons (Fsp3) is 0.400. The van der Waals surface area contributed by atoms with Crippen LogP contribution in [0.5, 0.6) is 0 Å². The van der Waals surface area contributed by atoms with Crippen molar-refractivity contribution in [3.05, 3.63) is 52.5 Å². The van der Waals surface area contributed by atoms with E-state index in [-0.39, 0.29) is 0 Å². The summed E-state index contributed by atoms with van der Waals surface area (Å²) < 4.78 is 0. The third-order valence-corrected chi connectivity index (χ3v) is 3.83. The normalized spacial score (nSPS) is 12.8. The second-order valence-corrected chi connectivity index (χ2v) is 5.35. The van der Waals surface area contributed by atoms with Gasteiger partial charge in [-0.15, -0.1) is 11.3 Å². The average Bonchev–Trinajstić information content (AvgIpc) is 2.93. The Kier molecular flexibility index (Phi) is 5.51. The van der Waals surface area contributed by atoms with Gasteiger partial charge in [0.15, 0.2) is 0 Å². The summed E-state index contributed by atoms with van der Waals surface area (Å²) in [4.78, 5) is 6.72. The van der Waals surface area contributed by atoms with Gasteiger partial charge in [0.25, 0.3) is 0 Å². The predicted octanol–water partition coefficient (Wildman–Crippen LogP) is 2.93. The monoisotopic (exact) mass is 275 g/mol. The van der Waals surface area contributed by atoms with Gasteiger partial charge in [-0.3, -0.25) is 4.90 Å². The molecule has 1 aromatic heterocycles. The number of hydrogen-bond acceptors (Lipinski definition) is 4. The third-order valence-electron chi connectivity index (χ3n) is 3.20. The first kappa shape index (κ1) is 14.2. The molecule has 0 aliphatic carbocycles. The van der Waals surface area contributed by atoms with E-state index in [1.54, 1.807) is 11.3 Å². The molecule has 2 aromatic rings. The first-order chi connectivity index (χ1) is 9.31. The highest BCUT2D eigenvalue weighted by molar-refractivity contribution is 7.07. The minimum Gasteiger partial charge on any atom is -0.315 e. The zero-order valence-electron chi connectivity index (χ0n) is 11.5. The SMILES string of the molecule is CCNCC(c1ccccc1)N(C)Cc1cscn1. The standard InChI is InChI=1S/C15H21N3S/c1-3-16-9-15(13-7-5-4-6-8-13)18(2)10-14-11-19-12-17-14/h4-8,11-12,15-16H,3,9-10H2,1-2H3. The molecule has 19 heavy (non-hydrogen) atoms. The Morgan fingerprint density at radius 2 is 2.11 bits per heavy atom. The molecular formula is C15H21N3S. The maximum Gasteiger partial charge on any atom is 0.0795 e. The smallest absolute Gasteiger partial charge is 0.0795 e. The van der Waals surface area contributed by atoms with Gasteiger partial charge in [0, 0.05) is 24.5 Å². The number of thiazole rings is 1. The lowest BCUT2D eigenvalue weighted by Gasteiger charge is -2.28. The first-order valence-corrected chi connectivity index (χ1v) is 7.58. The molecular weight excluding hydrogens is 254 g/mol. The lowest BCUT2D eigenvalue weighted by atomic mass is 10.1. The van der Waals surface area contributed by atoms with Crippen molar-refractivity contribution >= 4 is 11.3 Å². The van der Waals surface area contributed by atoms with E-state index in [4.69, 9.17) is 0 Å². The number of benzene rings is 1. The van der Waals surface area contributed by atoms with E-state index in [9.17, 15) is 0 Å². The molecule has 0 saturated heterocycles. The second kappa shape index (κ2) is 7.38. The Labute approximate surface area is 119 Å². The molecule has 0 radical (unpaired) electrons. The molecule has 0 bridgehead atoms. The highest BCUT2D eigenvalue weighted by Crippen LogP contribution is 2.20. The molecule has 3 nitrogen and oxygen atoms in total. The van der Waals surface area contributed by atoms with E-state index in [2.05, 4.69) is 64.9 Å². The number of likely N-dealkylation sites (N-methyl/N-ethyl adjacent to an activating group) is 2. The molecule has 0 saturated carbocycles. The molecule has 102 valence electrons. The van der Waals surface area contributed by atoms with Crippen molar-refractivity contribution in [2.45, 2.75) is 19.5 Å². The third kappa shape index (κ3) is 4.13. The van der Waals surface area contributed by atoms with Crippen molar-refractivity contribution in [1.82, 2.24) is 15.2 Å². The van der Waals surface area contributed by atoms with Gasteiger partial charge in [-0.25, -0.2) is 4.98 Å². The topological polar surface area (TPSA) is 28.2 Å². The number of nitrogens with one attached hydrogen (secondary N) is 1. The van der Waals surface area contributed by atoms with E-state index >= 15 is 0 Å². The molecule has 2 rings (SSSR count). The van der Waals surface area contributed by atoms with Gasteiger partial charge in [0.2, 0.25) is 0 Å². The molecule has 1 heterocycles. The van der Waals surface area contributed by atoms with Crippen LogP contribution in [0.2, 0.25) is 0 Å². The summed E-state index contributed by atoms with van der Waals surface area (Å²) in [5.41, 5.74) is 4.39. The van der Waals surface area contributed by atoms with Gasteiger partial charge < -0.3 is 5.32 Å². The van der Waals surface area contributed by atoms with Gasteiger partial charge in [-0.1, -0.05) is 37.3 Å².